The number of hydrogen-bond donors (Lipinski definition) is 2. The third kappa shape index (κ3) is 3.47. The van der Waals surface area contributed by atoms with Gasteiger partial charge in [-0.25, -0.2) is 0 Å². The fraction of sp³-hybridized carbons (Fsp3) is 0.357. The predicted molar refractivity (Wildman–Crippen MR) is 83.2 cm³/mol. The van der Waals surface area contributed by atoms with Crippen molar-refractivity contribution in [1.82, 2.24) is 0 Å². The summed E-state index contributed by atoms with van der Waals surface area (Å²) in [5, 5.41) is 8.66. The minimum Gasteiger partial charge on any atom is -0.383 e. The molecule has 0 fully saturated rings. The van der Waals surface area contributed by atoms with E-state index < -0.39 is 0 Å². The molecule has 98 valence electrons. The molecule has 18 heavy (non-hydrogen) atoms. The molecule has 2 aromatic rings. The van der Waals surface area contributed by atoms with Gasteiger partial charge < -0.3 is 5.73 Å². The molecule has 3 N–H and O–H groups in total. The molecule has 0 spiro atoms. The number of thiophene rings is 1. The summed E-state index contributed by atoms with van der Waals surface area (Å²) in [5.74, 6) is 0.899. The van der Waals surface area contributed by atoms with E-state index in [-0.39, 0.29) is 18.2 Å². The van der Waals surface area contributed by atoms with Crippen LogP contribution in [0.5, 0.6) is 0 Å². The maximum atomic E-state index is 7.45. The van der Waals surface area contributed by atoms with Crippen LogP contribution in [0, 0.1) is 11.3 Å². The Bertz CT molecular complexity index is 546. The summed E-state index contributed by atoms with van der Waals surface area (Å²) in [6.07, 6.45) is 2.34. The van der Waals surface area contributed by atoms with Crippen LogP contribution in [0.4, 0.5) is 0 Å². The van der Waals surface area contributed by atoms with Gasteiger partial charge in [0.1, 0.15) is 5.84 Å². The number of nitrogen functional groups attached to an aromatic ring is 1. The summed E-state index contributed by atoms with van der Waals surface area (Å²) in [5.41, 5.74) is 6.88. The van der Waals surface area contributed by atoms with E-state index in [1.54, 1.807) is 11.3 Å². The monoisotopic (exact) mass is 282 g/mol. The SMILES string of the molecule is CC(C)CCc1ccc2sc(C(=N)N)cc2c1.Cl. The summed E-state index contributed by atoms with van der Waals surface area (Å²) < 4.78 is 1.21. The zero-order chi connectivity index (χ0) is 12.4. The van der Waals surface area contributed by atoms with Gasteiger partial charge in [0.25, 0.3) is 0 Å². The van der Waals surface area contributed by atoms with Gasteiger partial charge in [-0.05, 0) is 41.8 Å². The fourth-order valence-corrected chi connectivity index (χ4v) is 2.74. The lowest BCUT2D eigenvalue weighted by molar-refractivity contribution is 0.587. The number of benzene rings is 1. The molecule has 0 bridgehead atoms. The Morgan fingerprint density at radius 1 is 1.33 bits per heavy atom. The highest BCUT2D eigenvalue weighted by Crippen LogP contribution is 2.26. The molecule has 4 heteroatoms. The predicted octanol–water partition coefficient (Wildman–Crippen LogP) is 4.20. The molecule has 0 radical (unpaired) electrons. The molecule has 0 saturated heterocycles. The Morgan fingerprint density at radius 2 is 2.06 bits per heavy atom. The molecule has 0 amide bonds. The Morgan fingerprint density at radius 3 is 2.67 bits per heavy atom. The molecular formula is C14H19ClN2S. The summed E-state index contributed by atoms with van der Waals surface area (Å²) >= 11 is 1.59. The van der Waals surface area contributed by atoms with Crippen molar-refractivity contribution >= 4 is 39.7 Å². The topological polar surface area (TPSA) is 49.9 Å². The summed E-state index contributed by atoms with van der Waals surface area (Å²) in [6.45, 7) is 4.49. The van der Waals surface area contributed by atoms with Gasteiger partial charge in [-0.2, -0.15) is 0 Å². The molecule has 0 aliphatic rings. The van der Waals surface area contributed by atoms with Gasteiger partial charge in [0.2, 0.25) is 0 Å². The highest BCUT2D eigenvalue weighted by molar-refractivity contribution is 7.20. The van der Waals surface area contributed by atoms with Crippen LogP contribution >= 0.6 is 23.7 Å². The zero-order valence-electron chi connectivity index (χ0n) is 10.7. The molecule has 0 atom stereocenters. The second-order valence-electron chi connectivity index (χ2n) is 4.83. The van der Waals surface area contributed by atoms with Crippen molar-refractivity contribution in [3.63, 3.8) is 0 Å². The number of aryl methyl sites for hydroxylation is 1. The van der Waals surface area contributed by atoms with Crippen LogP contribution in [-0.2, 0) is 6.42 Å². The highest BCUT2D eigenvalue weighted by Gasteiger charge is 2.05. The first kappa shape index (κ1) is 15.0. The third-order valence-corrected chi connectivity index (χ3v) is 4.01. The van der Waals surface area contributed by atoms with E-state index in [1.165, 1.54) is 22.1 Å². The average molecular weight is 283 g/mol. The van der Waals surface area contributed by atoms with Crippen LogP contribution in [0.3, 0.4) is 0 Å². The molecular weight excluding hydrogens is 264 g/mol. The van der Waals surface area contributed by atoms with E-state index in [9.17, 15) is 0 Å². The number of hydrogen-bond acceptors (Lipinski definition) is 2. The zero-order valence-corrected chi connectivity index (χ0v) is 12.3. The van der Waals surface area contributed by atoms with E-state index in [0.29, 0.717) is 0 Å². The summed E-state index contributed by atoms with van der Waals surface area (Å²) in [6, 6.07) is 8.56. The van der Waals surface area contributed by atoms with Crippen LogP contribution in [0.2, 0.25) is 0 Å². The van der Waals surface area contributed by atoms with Gasteiger partial charge in [-0.15, -0.1) is 23.7 Å². The first-order valence-electron chi connectivity index (χ1n) is 5.93. The standard InChI is InChI=1S/C14H18N2S.ClH/c1-9(2)3-4-10-5-6-12-11(7-10)8-13(17-12)14(15)16;/h5-9H,3-4H2,1-2H3,(H3,15,16);1H. The number of fused-ring (bicyclic) bond motifs is 1. The molecule has 0 aliphatic heterocycles. The summed E-state index contributed by atoms with van der Waals surface area (Å²) in [7, 11) is 0. The van der Waals surface area contributed by atoms with Crippen molar-refractivity contribution < 1.29 is 0 Å². The van der Waals surface area contributed by atoms with Crippen LogP contribution in [0.25, 0.3) is 10.1 Å². The second kappa shape index (κ2) is 6.21. The van der Waals surface area contributed by atoms with Crippen molar-refractivity contribution in [2.24, 2.45) is 11.7 Å². The normalized spacial score (nSPS) is 10.6. The Hall–Kier alpha value is -1.06. The second-order valence-corrected chi connectivity index (χ2v) is 5.91. The maximum Gasteiger partial charge on any atom is 0.133 e. The summed E-state index contributed by atoms with van der Waals surface area (Å²) in [4.78, 5) is 0.862. The number of halogens is 1. The number of amidine groups is 1. The van der Waals surface area contributed by atoms with Crippen LogP contribution in [0.1, 0.15) is 30.7 Å². The quantitative estimate of drug-likeness (QED) is 0.641. The number of rotatable bonds is 4. The van der Waals surface area contributed by atoms with E-state index in [1.807, 2.05) is 6.07 Å². The molecule has 0 saturated carbocycles. The van der Waals surface area contributed by atoms with Crippen molar-refractivity contribution in [2.45, 2.75) is 26.7 Å². The van der Waals surface area contributed by atoms with Crippen molar-refractivity contribution in [3.05, 3.63) is 34.7 Å². The Labute approximate surface area is 118 Å². The molecule has 1 aromatic carbocycles. The smallest absolute Gasteiger partial charge is 0.133 e. The molecule has 1 heterocycles. The van der Waals surface area contributed by atoms with Crippen LogP contribution < -0.4 is 5.73 Å². The maximum absolute atomic E-state index is 7.45. The van der Waals surface area contributed by atoms with Crippen molar-refractivity contribution in [2.75, 3.05) is 0 Å². The largest absolute Gasteiger partial charge is 0.383 e. The first-order chi connectivity index (χ1) is 8.06. The first-order valence-corrected chi connectivity index (χ1v) is 6.75. The lowest BCUT2D eigenvalue weighted by Crippen LogP contribution is -2.08. The van der Waals surface area contributed by atoms with Crippen molar-refractivity contribution in [3.8, 4) is 0 Å². The van der Waals surface area contributed by atoms with E-state index in [0.717, 1.165) is 17.2 Å². The third-order valence-electron chi connectivity index (χ3n) is 2.86. The number of nitrogens with two attached hydrogens (primary N) is 1. The lowest BCUT2D eigenvalue weighted by atomic mass is 10.0. The minimum absolute atomic E-state index is 0. The minimum atomic E-state index is 0. The van der Waals surface area contributed by atoms with Crippen LogP contribution in [0.15, 0.2) is 24.3 Å². The highest BCUT2D eigenvalue weighted by atomic mass is 35.5. The lowest BCUT2D eigenvalue weighted by Gasteiger charge is -2.04. The van der Waals surface area contributed by atoms with Gasteiger partial charge in [0.15, 0.2) is 0 Å². The number of nitrogens with one attached hydrogen (secondary N) is 1. The molecule has 2 rings (SSSR count). The van der Waals surface area contributed by atoms with E-state index >= 15 is 0 Å². The van der Waals surface area contributed by atoms with Gasteiger partial charge in [-0.1, -0.05) is 26.0 Å². The molecule has 0 unspecified atom stereocenters. The van der Waals surface area contributed by atoms with Gasteiger partial charge in [0, 0.05) is 4.70 Å². The Kier molecular flexibility index (Phi) is 5.17. The van der Waals surface area contributed by atoms with E-state index in [4.69, 9.17) is 11.1 Å². The molecule has 2 nitrogen and oxygen atoms in total. The van der Waals surface area contributed by atoms with Crippen molar-refractivity contribution in [1.29, 1.82) is 5.41 Å². The average Bonchev–Trinajstić information content (AvgIpc) is 2.69. The fourth-order valence-electron chi connectivity index (χ4n) is 1.84. The molecule has 0 aliphatic carbocycles. The van der Waals surface area contributed by atoms with Gasteiger partial charge in [-0.3, -0.25) is 5.41 Å². The van der Waals surface area contributed by atoms with Gasteiger partial charge in [0.05, 0.1) is 4.88 Å². The van der Waals surface area contributed by atoms with Crippen LogP contribution in [-0.4, -0.2) is 5.84 Å². The molecule has 1 aromatic heterocycles. The van der Waals surface area contributed by atoms with Gasteiger partial charge >= 0.3 is 0 Å². The Balaban J connectivity index is 0.00000162. The van der Waals surface area contributed by atoms with E-state index in [2.05, 4.69) is 32.0 Å².